The number of guanidine groups is 1. The van der Waals surface area contributed by atoms with Crippen LogP contribution in [0, 0.1) is 5.92 Å². The summed E-state index contributed by atoms with van der Waals surface area (Å²) in [5.41, 5.74) is 0.996. The third-order valence-corrected chi connectivity index (χ3v) is 4.72. The van der Waals surface area contributed by atoms with E-state index in [9.17, 15) is 4.79 Å². The molecule has 2 N–H and O–H groups in total. The second-order valence-corrected chi connectivity index (χ2v) is 6.97. The summed E-state index contributed by atoms with van der Waals surface area (Å²) in [6.07, 6.45) is 0.965. The second-order valence-electron chi connectivity index (χ2n) is 6.54. The molecule has 1 aliphatic rings. The molecule has 0 spiro atoms. The fraction of sp³-hybridized carbons (Fsp3) is 0.579. The molecule has 2 rings (SSSR count). The molecular weight excluding hydrogens is 368 g/mol. The van der Waals surface area contributed by atoms with E-state index in [0.29, 0.717) is 17.5 Å². The van der Waals surface area contributed by atoms with Gasteiger partial charge in [-0.05, 0) is 31.5 Å². The zero-order valence-electron chi connectivity index (χ0n) is 16.4. The van der Waals surface area contributed by atoms with Gasteiger partial charge in [0.15, 0.2) is 5.96 Å². The van der Waals surface area contributed by atoms with E-state index in [0.717, 1.165) is 37.5 Å². The van der Waals surface area contributed by atoms with Gasteiger partial charge in [-0.1, -0.05) is 18.5 Å². The van der Waals surface area contributed by atoms with Gasteiger partial charge in [-0.15, -0.1) is 0 Å². The van der Waals surface area contributed by atoms with Crippen LogP contribution in [0.5, 0.6) is 5.75 Å². The van der Waals surface area contributed by atoms with Crippen molar-refractivity contribution in [3.8, 4) is 5.75 Å². The van der Waals surface area contributed by atoms with E-state index < -0.39 is 0 Å². The summed E-state index contributed by atoms with van der Waals surface area (Å²) in [6.45, 7) is 6.65. The molecule has 8 heteroatoms. The summed E-state index contributed by atoms with van der Waals surface area (Å²) in [6, 6.07) is 5.88. The number of carbonyl (C=O) groups is 1. The third-order valence-electron chi connectivity index (χ3n) is 4.48. The van der Waals surface area contributed by atoms with Gasteiger partial charge >= 0.3 is 5.97 Å². The van der Waals surface area contributed by atoms with Crippen molar-refractivity contribution in [2.45, 2.75) is 26.3 Å². The molecule has 1 aromatic rings. The summed E-state index contributed by atoms with van der Waals surface area (Å²) in [5, 5.41) is 7.37. The van der Waals surface area contributed by atoms with Gasteiger partial charge < -0.3 is 25.0 Å². The highest BCUT2D eigenvalue weighted by Gasteiger charge is 2.25. The number of aliphatic imine (C=N–C) groups is 1. The fourth-order valence-electron chi connectivity index (χ4n) is 3.02. The number of halogens is 1. The molecule has 2 atom stereocenters. The van der Waals surface area contributed by atoms with Crippen LogP contribution < -0.4 is 20.3 Å². The van der Waals surface area contributed by atoms with Crippen LogP contribution in [0.2, 0.25) is 5.02 Å². The minimum Gasteiger partial charge on any atom is -0.495 e. The van der Waals surface area contributed by atoms with Crippen molar-refractivity contribution in [1.82, 2.24) is 10.6 Å². The average Bonchev–Trinajstić information content (AvgIpc) is 3.13. The van der Waals surface area contributed by atoms with E-state index in [2.05, 4.69) is 20.5 Å². The summed E-state index contributed by atoms with van der Waals surface area (Å²) >= 11 is 6.16. The Balaban J connectivity index is 2.00. The highest BCUT2D eigenvalue weighted by Crippen LogP contribution is 2.33. The van der Waals surface area contributed by atoms with Gasteiger partial charge in [-0.3, -0.25) is 9.79 Å². The molecule has 0 saturated carbocycles. The van der Waals surface area contributed by atoms with Crippen molar-refractivity contribution >= 4 is 29.2 Å². The monoisotopic (exact) mass is 396 g/mol. The number of nitrogens with zero attached hydrogens (tertiary/aromatic N) is 2. The van der Waals surface area contributed by atoms with E-state index >= 15 is 0 Å². The maximum Gasteiger partial charge on any atom is 0.310 e. The van der Waals surface area contributed by atoms with Gasteiger partial charge in [0.05, 0.1) is 32.4 Å². The van der Waals surface area contributed by atoms with Gasteiger partial charge in [0.2, 0.25) is 0 Å². The molecule has 7 nitrogen and oxygen atoms in total. The number of esters is 1. The number of carbonyl (C=O) groups excluding carboxylic acids is 1. The first-order valence-electron chi connectivity index (χ1n) is 9.19. The van der Waals surface area contributed by atoms with Crippen molar-refractivity contribution in [2.75, 3.05) is 45.3 Å². The van der Waals surface area contributed by atoms with E-state index in [1.54, 1.807) is 7.11 Å². The molecule has 1 aromatic carbocycles. The molecule has 1 saturated heterocycles. The normalized spacial score (nSPS) is 18.2. The van der Waals surface area contributed by atoms with Crippen LogP contribution in [0.4, 0.5) is 5.69 Å². The van der Waals surface area contributed by atoms with Crippen LogP contribution in [0.3, 0.4) is 0 Å². The number of rotatable bonds is 7. The second kappa shape index (κ2) is 10.3. The quantitative estimate of drug-likeness (QED) is 0.418. The standard InChI is InChI=1S/C19H29ClN4O3/c1-5-21-19(22-11-13(2)18(25)27-4)23-15-8-9-24(12-15)16-10-14(20)6-7-17(16)26-3/h6-7,10,13,15H,5,8-9,11-12H2,1-4H3,(H2,21,22,23). The zero-order chi connectivity index (χ0) is 19.8. The molecule has 0 radical (unpaired) electrons. The van der Waals surface area contributed by atoms with Crippen molar-refractivity contribution in [3.63, 3.8) is 0 Å². The van der Waals surface area contributed by atoms with Crippen molar-refractivity contribution in [3.05, 3.63) is 23.2 Å². The Hall–Kier alpha value is -2.15. The summed E-state index contributed by atoms with van der Waals surface area (Å²) in [4.78, 5) is 18.3. The fourth-order valence-corrected chi connectivity index (χ4v) is 3.19. The molecule has 0 aromatic heterocycles. The van der Waals surface area contributed by atoms with Crippen molar-refractivity contribution in [2.24, 2.45) is 10.9 Å². The molecule has 0 amide bonds. The van der Waals surface area contributed by atoms with Crippen LogP contribution in [0.15, 0.2) is 23.2 Å². The zero-order valence-corrected chi connectivity index (χ0v) is 17.2. The summed E-state index contributed by atoms with van der Waals surface area (Å²) < 4.78 is 10.2. The van der Waals surface area contributed by atoms with Gasteiger partial charge in [0, 0.05) is 30.7 Å². The topological polar surface area (TPSA) is 75.2 Å². The lowest BCUT2D eigenvalue weighted by Gasteiger charge is -2.22. The van der Waals surface area contributed by atoms with Gasteiger partial charge in [-0.25, -0.2) is 0 Å². The SMILES string of the molecule is CCNC(=NCC(C)C(=O)OC)NC1CCN(c2cc(Cl)ccc2OC)C1. The number of benzene rings is 1. The Bertz CT molecular complexity index is 668. The van der Waals surface area contributed by atoms with Crippen LogP contribution in [-0.2, 0) is 9.53 Å². The molecule has 0 aliphatic carbocycles. The summed E-state index contributed by atoms with van der Waals surface area (Å²) in [7, 11) is 3.06. The van der Waals surface area contributed by atoms with Crippen LogP contribution in [0.25, 0.3) is 0 Å². The first-order chi connectivity index (χ1) is 13.0. The van der Waals surface area contributed by atoms with E-state index in [-0.39, 0.29) is 17.9 Å². The number of hydrogen-bond donors (Lipinski definition) is 2. The van der Waals surface area contributed by atoms with Crippen LogP contribution in [-0.4, -0.2) is 58.4 Å². The van der Waals surface area contributed by atoms with E-state index in [4.69, 9.17) is 21.1 Å². The van der Waals surface area contributed by atoms with E-state index in [1.165, 1.54) is 7.11 Å². The van der Waals surface area contributed by atoms with Crippen molar-refractivity contribution < 1.29 is 14.3 Å². The maximum absolute atomic E-state index is 11.6. The number of hydrogen-bond acceptors (Lipinski definition) is 5. The Kier molecular flexibility index (Phi) is 8.03. The first kappa shape index (κ1) is 21.2. The maximum atomic E-state index is 11.6. The van der Waals surface area contributed by atoms with Crippen LogP contribution in [0.1, 0.15) is 20.3 Å². The van der Waals surface area contributed by atoms with Gasteiger partial charge in [0.1, 0.15) is 5.75 Å². The number of anilines is 1. The van der Waals surface area contributed by atoms with Gasteiger partial charge in [-0.2, -0.15) is 0 Å². The predicted molar refractivity (Wildman–Crippen MR) is 109 cm³/mol. The molecule has 27 heavy (non-hydrogen) atoms. The van der Waals surface area contributed by atoms with Gasteiger partial charge in [0.25, 0.3) is 0 Å². The average molecular weight is 397 g/mol. The molecule has 150 valence electrons. The Morgan fingerprint density at radius 2 is 2.22 bits per heavy atom. The summed E-state index contributed by atoms with van der Waals surface area (Å²) in [5.74, 6) is 0.988. The number of methoxy groups -OCH3 is 2. The van der Waals surface area contributed by atoms with E-state index in [1.807, 2.05) is 32.0 Å². The third kappa shape index (κ3) is 5.92. The van der Waals surface area contributed by atoms with Crippen molar-refractivity contribution in [1.29, 1.82) is 0 Å². The molecular formula is C19H29ClN4O3. The van der Waals surface area contributed by atoms with Crippen LogP contribution >= 0.6 is 11.6 Å². The number of ether oxygens (including phenoxy) is 2. The molecule has 0 bridgehead atoms. The lowest BCUT2D eigenvalue weighted by Crippen LogP contribution is -2.45. The Labute approximate surface area is 166 Å². The highest BCUT2D eigenvalue weighted by atomic mass is 35.5. The molecule has 1 aliphatic heterocycles. The molecule has 1 fully saturated rings. The number of nitrogens with one attached hydrogen (secondary N) is 2. The smallest absolute Gasteiger partial charge is 0.310 e. The lowest BCUT2D eigenvalue weighted by atomic mass is 10.2. The predicted octanol–water partition coefficient (Wildman–Crippen LogP) is 2.29. The Morgan fingerprint density at radius 1 is 1.44 bits per heavy atom. The first-order valence-corrected chi connectivity index (χ1v) is 9.57. The minimum absolute atomic E-state index is 0.236. The lowest BCUT2D eigenvalue weighted by molar-refractivity contribution is -0.144. The highest BCUT2D eigenvalue weighted by molar-refractivity contribution is 6.30. The minimum atomic E-state index is -0.277. The molecule has 1 heterocycles. The largest absolute Gasteiger partial charge is 0.495 e. The Morgan fingerprint density at radius 3 is 2.89 bits per heavy atom. The molecule has 2 unspecified atom stereocenters.